The molecule has 6 nitrogen and oxygen atoms in total. The molecule has 0 aliphatic heterocycles. The zero-order chi connectivity index (χ0) is 20.3. The lowest BCUT2D eigenvalue weighted by Gasteiger charge is -2.11. The van der Waals surface area contributed by atoms with Crippen molar-refractivity contribution in [2.75, 3.05) is 19.5 Å². The lowest BCUT2D eigenvalue weighted by Crippen LogP contribution is -2.27. The molecule has 0 heterocycles. The van der Waals surface area contributed by atoms with Gasteiger partial charge in [-0.15, -0.1) is 0 Å². The molecule has 0 bridgehead atoms. The minimum Gasteiger partial charge on any atom is -0.493 e. The monoisotopic (exact) mass is 382 g/mol. The summed E-state index contributed by atoms with van der Waals surface area (Å²) in [4.78, 5) is 24.9. The van der Waals surface area contributed by atoms with Crippen molar-refractivity contribution in [3.8, 4) is 11.5 Å². The van der Waals surface area contributed by atoms with Crippen molar-refractivity contribution in [1.82, 2.24) is 5.32 Å². The number of aryl methyl sites for hydroxylation is 2. The Kier molecular flexibility index (Phi) is 5.87. The number of methoxy groups -OCH3 is 2. The summed E-state index contributed by atoms with van der Waals surface area (Å²) in [6.45, 7) is 4.31. The number of amides is 2. The van der Waals surface area contributed by atoms with Crippen molar-refractivity contribution in [2.24, 2.45) is 11.8 Å². The van der Waals surface area contributed by atoms with E-state index in [0.717, 1.165) is 22.4 Å². The zero-order valence-electron chi connectivity index (χ0n) is 16.7. The van der Waals surface area contributed by atoms with Gasteiger partial charge in [-0.2, -0.15) is 0 Å². The Hall–Kier alpha value is -3.02. The molecule has 3 rings (SSSR count). The summed E-state index contributed by atoms with van der Waals surface area (Å²) in [5.41, 5.74) is 3.80. The third-order valence-corrected chi connectivity index (χ3v) is 5.03. The minimum absolute atomic E-state index is 0.0973. The fraction of sp³-hybridized carbons (Fsp3) is 0.364. The summed E-state index contributed by atoms with van der Waals surface area (Å²) in [6, 6.07) is 11.4. The second kappa shape index (κ2) is 8.33. The third-order valence-electron chi connectivity index (χ3n) is 5.03. The number of hydrogen-bond donors (Lipinski definition) is 2. The van der Waals surface area contributed by atoms with Gasteiger partial charge in [0.1, 0.15) is 0 Å². The van der Waals surface area contributed by atoms with Crippen LogP contribution in [0.5, 0.6) is 11.5 Å². The molecule has 2 unspecified atom stereocenters. The van der Waals surface area contributed by atoms with Crippen LogP contribution < -0.4 is 20.1 Å². The van der Waals surface area contributed by atoms with E-state index in [-0.39, 0.29) is 23.7 Å². The molecule has 2 atom stereocenters. The SMILES string of the molecule is COc1ccc(CNC(=O)C2CC2C(=O)Nc2cc(C)ccc2C)cc1OC. The van der Waals surface area contributed by atoms with Crippen molar-refractivity contribution >= 4 is 17.5 Å². The number of carbonyl (C=O) groups is 2. The van der Waals surface area contributed by atoms with E-state index < -0.39 is 0 Å². The average Bonchev–Trinajstić information content (AvgIpc) is 3.49. The van der Waals surface area contributed by atoms with Crippen LogP contribution in [0.25, 0.3) is 0 Å². The van der Waals surface area contributed by atoms with Gasteiger partial charge in [0.15, 0.2) is 11.5 Å². The van der Waals surface area contributed by atoms with Crippen molar-refractivity contribution in [3.05, 3.63) is 53.1 Å². The molecule has 1 aliphatic rings. The molecule has 6 heteroatoms. The van der Waals surface area contributed by atoms with Crippen molar-refractivity contribution in [2.45, 2.75) is 26.8 Å². The first-order valence-corrected chi connectivity index (χ1v) is 9.29. The molecule has 1 aliphatic carbocycles. The van der Waals surface area contributed by atoms with Gasteiger partial charge in [-0.1, -0.05) is 18.2 Å². The van der Waals surface area contributed by atoms with Crippen LogP contribution in [0.15, 0.2) is 36.4 Å². The lowest BCUT2D eigenvalue weighted by molar-refractivity contribution is -0.125. The van der Waals surface area contributed by atoms with Crippen LogP contribution in [0.4, 0.5) is 5.69 Å². The van der Waals surface area contributed by atoms with Gasteiger partial charge in [-0.25, -0.2) is 0 Å². The number of carbonyl (C=O) groups excluding carboxylic acids is 2. The van der Waals surface area contributed by atoms with Crippen LogP contribution in [0.2, 0.25) is 0 Å². The Labute approximate surface area is 165 Å². The average molecular weight is 382 g/mol. The summed E-state index contributed by atoms with van der Waals surface area (Å²) in [5, 5.41) is 5.85. The molecule has 2 aromatic rings. The maximum atomic E-state index is 12.5. The van der Waals surface area contributed by atoms with Crippen LogP contribution in [0, 0.1) is 25.7 Å². The molecule has 0 radical (unpaired) electrons. The molecule has 2 aromatic carbocycles. The van der Waals surface area contributed by atoms with Gasteiger partial charge in [-0.05, 0) is 55.2 Å². The van der Waals surface area contributed by atoms with Crippen LogP contribution in [0.3, 0.4) is 0 Å². The number of benzene rings is 2. The highest BCUT2D eigenvalue weighted by Gasteiger charge is 2.48. The van der Waals surface area contributed by atoms with E-state index in [2.05, 4.69) is 10.6 Å². The Balaban J connectivity index is 1.53. The molecular weight excluding hydrogens is 356 g/mol. The minimum atomic E-state index is -0.273. The zero-order valence-corrected chi connectivity index (χ0v) is 16.7. The van der Waals surface area contributed by atoms with Gasteiger partial charge in [0.2, 0.25) is 11.8 Å². The quantitative estimate of drug-likeness (QED) is 0.771. The van der Waals surface area contributed by atoms with Gasteiger partial charge >= 0.3 is 0 Å². The van der Waals surface area contributed by atoms with Crippen molar-refractivity contribution < 1.29 is 19.1 Å². The molecule has 1 saturated carbocycles. The molecule has 2 N–H and O–H groups in total. The summed E-state index contributed by atoms with van der Waals surface area (Å²) in [7, 11) is 3.15. The summed E-state index contributed by atoms with van der Waals surface area (Å²) >= 11 is 0. The predicted octanol–water partition coefficient (Wildman–Crippen LogP) is 3.21. The normalized spacial score (nSPS) is 17.6. The topological polar surface area (TPSA) is 76.7 Å². The van der Waals surface area contributed by atoms with E-state index in [1.807, 2.05) is 44.2 Å². The number of hydrogen-bond acceptors (Lipinski definition) is 4. The Morgan fingerprint density at radius 1 is 0.964 bits per heavy atom. The Morgan fingerprint density at radius 3 is 2.39 bits per heavy atom. The first-order chi connectivity index (χ1) is 13.4. The van der Waals surface area contributed by atoms with Gasteiger partial charge in [0, 0.05) is 12.2 Å². The second-order valence-corrected chi connectivity index (χ2v) is 7.16. The smallest absolute Gasteiger partial charge is 0.228 e. The van der Waals surface area contributed by atoms with Gasteiger partial charge in [0.25, 0.3) is 0 Å². The molecule has 2 amide bonds. The maximum absolute atomic E-state index is 12.5. The fourth-order valence-corrected chi connectivity index (χ4v) is 3.18. The highest BCUT2D eigenvalue weighted by atomic mass is 16.5. The number of anilines is 1. The van der Waals surface area contributed by atoms with Gasteiger partial charge in [0.05, 0.1) is 26.1 Å². The molecular formula is C22H26N2O4. The highest BCUT2D eigenvalue weighted by Crippen LogP contribution is 2.40. The largest absolute Gasteiger partial charge is 0.493 e. The molecule has 0 spiro atoms. The van der Waals surface area contributed by atoms with E-state index in [9.17, 15) is 9.59 Å². The van der Waals surface area contributed by atoms with E-state index in [1.54, 1.807) is 20.3 Å². The van der Waals surface area contributed by atoms with Crippen molar-refractivity contribution in [3.63, 3.8) is 0 Å². The van der Waals surface area contributed by atoms with Crippen LogP contribution >= 0.6 is 0 Å². The molecule has 0 aromatic heterocycles. The van der Waals surface area contributed by atoms with Crippen LogP contribution in [-0.4, -0.2) is 26.0 Å². The molecule has 1 fully saturated rings. The fourth-order valence-electron chi connectivity index (χ4n) is 3.18. The highest BCUT2D eigenvalue weighted by molar-refractivity contribution is 5.99. The third kappa shape index (κ3) is 4.44. The number of rotatable bonds is 7. The van der Waals surface area contributed by atoms with E-state index in [4.69, 9.17) is 9.47 Å². The van der Waals surface area contributed by atoms with E-state index in [1.165, 1.54) is 0 Å². The summed E-state index contributed by atoms with van der Waals surface area (Å²) < 4.78 is 10.5. The number of ether oxygens (including phenoxy) is 2. The predicted molar refractivity (Wildman–Crippen MR) is 108 cm³/mol. The standard InChI is InChI=1S/C22H26N2O4/c1-13-5-6-14(2)18(9-13)24-22(26)17-11-16(17)21(25)23-12-15-7-8-19(27-3)20(10-15)28-4/h5-10,16-17H,11-12H2,1-4H3,(H,23,25)(H,24,26). The van der Waals surface area contributed by atoms with Gasteiger partial charge < -0.3 is 20.1 Å². The van der Waals surface area contributed by atoms with Crippen LogP contribution in [-0.2, 0) is 16.1 Å². The second-order valence-electron chi connectivity index (χ2n) is 7.16. The molecule has 148 valence electrons. The Bertz CT molecular complexity index is 894. The molecule has 0 saturated heterocycles. The molecule has 28 heavy (non-hydrogen) atoms. The summed E-state index contributed by atoms with van der Waals surface area (Å²) in [5.74, 6) is 0.515. The summed E-state index contributed by atoms with van der Waals surface area (Å²) in [6.07, 6.45) is 0.578. The van der Waals surface area contributed by atoms with Crippen molar-refractivity contribution in [1.29, 1.82) is 0 Å². The van der Waals surface area contributed by atoms with Gasteiger partial charge in [-0.3, -0.25) is 9.59 Å². The first-order valence-electron chi connectivity index (χ1n) is 9.29. The first kappa shape index (κ1) is 19.7. The lowest BCUT2D eigenvalue weighted by atomic mass is 10.1. The van der Waals surface area contributed by atoms with E-state index >= 15 is 0 Å². The number of nitrogens with one attached hydrogen (secondary N) is 2. The van der Waals surface area contributed by atoms with E-state index in [0.29, 0.717) is 24.5 Å². The maximum Gasteiger partial charge on any atom is 0.228 e. The van der Waals surface area contributed by atoms with Crippen LogP contribution in [0.1, 0.15) is 23.1 Å². The Morgan fingerprint density at radius 2 is 1.68 bits per heavy atom.